The second kappa shape index (κ2) is 9.91. The number of hydrogen-bond acceptors (Lipinski definition) is 5. The Bertz CT molecular complexity index is 971. The number of pyridine rings is 1. The molecule has 0 atom stereocenters. The topological polar surface area (TPSA) is 66.0 Å². The smallest absolute Gasteiger partial charge is 0.327 e. The largest absolute Gasteiger partial charge is 0.497 e. The lowest BCUT2D eigenvalue weighted by molar-refractivity contribution is -0.136. The van der Waals surface area contributed by atoms with Gasteiger partial charge in [-0.05, 0) is 55.0 Å². The average molecular weight is 451 g/mol. The third-order valence-electron chi connectivity index (χ3n) is 6.82. The quantitative estimate of drug-likeness (QED) is 0.570. The van der Waals surface area contributed by atoms with Crippen LogP contribution in [0.25, 0.3) is 0 Å². The molecule has 2 fully saturated rings. The molecule has 1 aromatic heterocycles. The molecule has 0 bridgehead atoms. The molecule has 7 heteroatoms. The normalized spacial score (nSPS) is 18.5. The monoisotopic (exact) mass is 450 g/mol. The van der Waals surface area contributed by atoms with Gasteiger partial charge in [0.05, 0.1) is 19.3 Å². The number of ether oxygens (including phenoxy) is 1. The third-order valence-corrected chi connectivity index (χ3v) is 6.82. The molecular weight excluding hydrogens is 416 g/mol. The molecule has 4 rings (SSSR count). The van der Waals surface area contributed by atoms with Crippen LogP contribution in [0, 0.1) is 5.92 Å². The predicted molar refractivity (Wildman–Crippen MR) is 127 cm³/mol. The van der Waals surface area contributed by atoms with Crippen LogP contribution in [-0.2, 0) is 17.9 Å². The molecule has 2 aliphatic heterocycles. The number of imide groups is 1. The molecule has 0 saturated carbocycles. The zero-order valence-electron chi connectivity index (χ0n) is 19.9. The molecule has 0 unspecified atom stereocenters. The highest BCUT2D eigenvalue weighted by Gasteiger charge is 2.57. The summed E-state index contributed by atoms with van der Waals surface area (Å²) in [6.07, 6.45) is 3.99. The van der Waals surface area contributed by atoms with Crippen molar-refractivity contribution in [2.75, 3.05) is 26.7 Å². The molecule has 33 heavy (non-hydrogen) atoms. The minimum absolute atomic E-state index is 0.0587. The Labute approximate surface area is 196 Å². The number of benzene rings is 1. The van der Waals surface area contributed by atoms with Gasteiger partial charge in [-0.3, -0.25) is 19.6 Å². The summed E-state index contributed by atoms with van der Waals surface area (Å²) in [4.78, 5) is 37.4. The van der Waals surface area contributed by atoms with Gasteiger partial charge in [0, 0.05) is 32.4 Å². The van der Waals surface area contributed by atoms with Gasteiger partial charge in [0.25, 0.3) is 5.91 Å². The van der Waals surface area contributed by atoms with E-state index in [1.54, 1.807) is 7.11 Å². The Morgan fingerprint density at radius 2 is 1.85 bits per heavy atom. The summed E-state index contributed by atoms with van der Waals surface area (Å²) in [5.74, 6) is 1.12. The molecule has 176 valence electrons. The number of aromatic nitrogens is 1. The van der Waals surface area contributed by atoms with Crippen LogP contribution in [0.4, 0.5) is 4.79 Å². The van der Waals surface area contributed by atoms with E-state index in [0.717, 1.165) is 43.1 Å². The first kappa shape index (κ1) is 23.2. The number of hydrogen-bond donors (Lipinski definition) is 0. The first-order valence-corrected chi connectivity index (χ1v) is 11.8. The van der Waals surface area contributed by atoms with Gasteiger partial charge in [0.1, 0.15) is 11.3 Å². The highest BCUT2D eigenvalue weighted by atomic mass is 16.5. The maximum absolute atomic E-state index is 13.8. The van der Waals surface area contributed by atoms with E-state index in [1.165, 1.54) is 4.90 Å². The number of urea groups is 1. The van der Waals surface area contributed by atoms with Gasteiger partial charge in [-0.2, -0.15) is 0 Å². The minimum atomic E-state index is -0.745. The molecule has 0 aliphatic carbocycles. The van der Waals surface area contributed by atoms with Gasteiger partial charge in [-0.25, -0.2) is 4.79 Å². The standard InChI is InChI=1S/C26H34N4O3/c1-20(2)10-14-30-25(32)29(18-21-7-6-9-23(17-21)33-3)24(31)26(30)11-15-28(16-12-26)19-22-8-4-5-13-27-22/h4-9,13,17,20H,10-12,14-16,18-19H2,1-3H3. The Morgan fingerprint density at radius 3 is 2.52 bits per heavy atom. The highest BCUT2D eigenvalue weighted by molar-refractivity contribution is 6.07. The number of piperidine rings is 1. The summed E-state index contributed by atoms with van der Waals surface area (Å²) in [5.41, 5.74) is 1.17. The molecule has 2 aromatic rings. The van der Waals surface area contributed by atoms with Crippen LogP contribution in [0.2, 0.25) is 0 Å². The van der Waals surface area contributed by atoms with Crippen molar-refractivity contribution in [2.45, 2.75) is 51.7 Å². The molecule has 3 amide bonds. The molecule has 2 saturated heterocycles. The Morgan fingerprint density at radius 1 is 1.06 bits per heavy atom. The van der Waals surface area contributed by atoms with E-state index in [2.05, 4.69) is 23.7 Å². The SMILES string of the molecule is COc1cccc(CN2C(=O)N(CCC(C)C)C3(CCN(Cc4ccccn4)CC3)C2=O)c1. The van der Waals surface area contributed by atoms with E-state index >= 15 is 0 Å². The molecule has 1 aromatic carbocycles. The van der Waals surface area contributed by atoms with E-state index in [1.807, 2.05) is 53.6 Å². The Hall–Kier alpha value is -2.93. The van der Waals surface area contributed by atoms with Gasteiger partial charge >= 0.3 is 6.03 Å². The van der Waals surface area contributed by atoms with Crippen LogP contribution < -0.4 is 4.74 Å². The van der Waals surface area contributed by atoms with Crippen molar-refractivity contribution in [1.29, 1.82) is 0 Å². The number of carbonyl (C=O) groups excluding carboxylic acids is 2. The second-order valence-electron chi connectivity index (χ2n) is 9.49. The van der Waals surface area contributed by atoms with Crippen LogP contribution in [0.15, 0.2) is 48.7 Å². The lowest BCUT2D eigenvalue weighted by atomic mass is 9.85. The highest BCUT2D eigenvalue weighted by Crippen LogP contribution is 2.38. The van der Waals surface area contributed by atoms with Crippen LogP contribution in [0.1, 0.15) is 44.4 Å². The van der Waals surface area contributed by atoms with Gasteiger partial charge in [-0.15, -0.1) is 0 Å². The zero-order valence-corrected chi connectivity index (χ0v) is 19.9. The number of carbonyl (C=O) groups is 2. The van der Waals surface area contributed by atoms with E-state index in [0.29, 0.717) is 25.3 Å². The fraction of sp³-hybridized carbons (Fsp3) is 0.500. The molecular formula is C26H34N4O3. The number of methoxy groups -OCH3 is 1. The van der Waals surface area contributed by atoms with E-state index in [9.17, 15) is 9.59 Å². The Balaban J connectivity index is 1.53. The van der Waals surface area contributed by atoms with Crippen LogP contribution >= 0.6 is 0 Å². The third kappa shape index (κ3) is 4.88. The van der Waals surface area contributed by atoms with Crippen molar-refractivity contribution in [3.63, 3.8) is 0 Å². The van der Waals surface area contributed by atoms with Gasteiger partial charge < -0.3 is 9.64 Å². The van der Waals surface area contributed by atoms with E-state index in [4.69, 9.17) is 4.74 Å². The van der Waals surface area contributed by atoms with Gasteiger partial charge in [0.15, 0.2) is 0 Å². The summed E-state index contributed by atoms with van der Waals surface area (Å²) in [5, 5.41) is 0. The lowest BCUT2D eigenvalue weighted by Gasteiger charge is -2.42. The number of amides is 3. The van der Waals surface area contributed by atoms with Crippen LogP contribution in [0.3, 0.4) is 0 Å². The summed E-state index contributed by atoms with van der Waals surface area (Å²) in [6, 6.07) is 13.4. The van der Waals surface area contributed by atoms with Crippen molar-refractivity contribution >= 4 is 11.9 Å². The zero-order chi connectivity index (χ0) is 23.4. The average Bonchev–Trinajstić information content (AvgIpc) is 3.01. The summed E-state index contributed by atoms with van der Waals surface area (Å²) < 4.78 is 5.32. The van der Waals surface area contributed by atoms with Gasteiger partial charge in [0.2, 0.25) is 0 Å². The molecule has 7 nitrogen and oxygen atoms in total. The lowest BCUT2D eigenvalue weighted by Crippen LogP contribution is -2.56. The van der Waals surface area contributed by atoms with E-state index in [-0.39, 0.29) is 18.5 Å². The molecule has 1 spiro atoms. The maximum atomic E-state index is 13.8. The number of likely N-dealkylation sites (tertiary alicyclic amines) is 1. The molecule has 2 aliphatic rings. The van der Waals surface area contributed by atoms with E-state index < -0.39 is 5.54 Å². The summed E-state index contributed by atoms with van der Waals surface area (Å²) in [7, 11) is 1.62. The van der Waals surface area contributed by atoms with Crippen LogP contribution in [-0.4, -0.2) is 63.9 Å². The first-order valence-electron chi connectivity index (χ1n) is 11.8. The van der Waals surface area contributed by atoms with Crippen molar-refractivity contribution in [3.05, 3.63) is 59.9 Å². The molecule has 3 heterocycles. The maximum Gasteiger partial charge on any atom is 0.327 e. The van der Waals surface area contributed by atoms with Crippen LogP contribution in [0.5, 0.6) is 5.75 Å². The fourth-order valence-electron chi connectivity index (χ4n) is 4.86. The van der Waals surface area contributed by atoms with Crippen molar-refractivity contribution < 1.29 is 14.3 Å². The van der Waals surface area contributed by atoms with Crippen molar-refractivity contribution in [3.8, 4) is 5.75 Å². The predicted octanol–water partition coefficient (Wildman–Crippen LogP) is 3.94. The van der Waals surface area contributed by atoms with Crippen molar-refractivity contribution in [1.82, 2.24) is 19.7 Å². The number of nitrogens with zero attached hydrogens (tertiary/aromatic N) is 4. The fourth-order valence-corrected chi connectivity index (χ4v) is 4.86. The number of rotatable bonds is 8. The molecule has 0 radical (unpaired) electrons. The first-order chi connectivity index (χ1) is 15.9. The second-order valence-corrected chi connectivity index (χ2v) is 9.49. The molecule has 0 N–H and O–H groups in total. The summed E-state index contributed by atoms with van der Waals surface area (Å²) >= 11 is 0. The Kier molecular flexibility index (Phi) is 6.98. The minimum Gasteiger partial charge on any atom is -0.497 e. The van der Waals surface area contributed by atoms with Gasteiger partial charge in [-0.1, -0.05) is 32.0 Å². The summed E-state index contributed by atoms with van der Waals surface area (Å²) in [6.45, 7) is 7.47. The van der Waals surface area contributed by atoms with Crippen molar-refractivity contribution in [2.24, 2.45) is 5.92 Å².